The zero-order valence-corrected chi connectivity index (χ0v) is 15.1. The van der Waals surface area contributed by atoms with Crippen LogP contribution >= 0.6 is 11.3 Å². The number of hydrogen-bond donors (Lipinski definition) is 0. The molecule has 5 nitrogen and oxygen atoms in total. The molecule has 0 bridgehead atoms. The molecule has 128 valence electrons. The Kier molecular flexibility index (Phi) is 5.15. The lowest BCUT2D eigenvalue weighted by molar-refractivity contribution is 0.415. The average molecular weight is 353 g/mol. The predicted octanol–water partition coefficient (Wildman–Crippen LogP) is 4.00. The summed E-state index contributed by atoms with van der Waals surface area (Å²) in [5, 5.41) is 11.4. The van der Waals surface area contributed by atoms with Crippen molar-refractivity contribution in [1.82, 2.24) is 9.55 Å². The first-order valence-electron chi connectivity index (χ1n) is 8.21. The van der Waals surface area contributed by atoms with Crippen LogP contribution in [-0.2, 0) is 13.0 Å². The lowest BCUT2D eigenvalue weighted by Crippen LogP contribution is -2.25. The molecule has 2 heterocycles. The van der Waals surface area contributed by atoms with Gasteiger partial charge in [0.05, 0.1) is 18.6 Å². The van der Waals surface area contributed by atoms with E-state index in [4.69, 9.17) is 10.00 Å². The highest BCUT2D eigenvalue weighted by atomic mass is 32.1. The van der Waals surface area contributed by atoms with Crippen molar-refractivity contribution in [2.45, 2.75) is 32.7 Å². The average Bonchev–Trinajstić information content (AvgIpc) is 3.07. The van der Waals surface area contributed by atoms with E-state index >= 15 is 0 Å². The summed E-state index contributed by atoms with van der Waals surface area (Å²) in [5.74, 6) is 1.53. The Bertz CT molecular complexity index is 998. The summed E-state index contributed by atoms with van der Waals surface area (Å²) in [6.07, 6.45) is 1.76. The van der Waals surface area contributed by atoms with Crippen LogP contribution in [0.1, 0.15) is 25.6 Å². The van der Waals surface area contributed by atoms with Crippen LogP contribution in [0.25, 0.3) is 21.3 Å². The minimum atomic E-state index is -0.0288. The number of fused-ring (bicyclic) bond motifs is 1. The van der Waals surface area contributed by atoms with Crippen LogP contribution in [0.3, 0.4) is 0 Å². The highest BCUT2D eigenvalue weighted by Crippen LogP contribution is 2.32. The third kappa shape index (κ3) is 3.28. The van der Waals surface area contributed by atoms with Crippen molar-refractivity contribution < 1.29 is 4.74 Å². The number of benzene rings is 1. The highest BCUT2D eigenvalue weighted by Gasteiger charge is 2.16. The van der Waals surface area contributed by atoms with Gasteiger partial charge in [-0.3, -0.25) is 9.36 Å². The van der Waals surface area contributed by atoms with Crippen LogP contribution in [0.2, 0.25) is 0 Å². The molecule has 3 aromatic rings. The number of hydrogen-bond acceptors (Lipinski definition) is 5. The number of thiophene rings is 1. The molecule has 0 aliphatic rings. The molecule has 2 aromatic heterocycles. The fourth-order valence-corrected chi connectivity index (χ4v) is 3.84. The van der Waals surface area contributed by atoms with Crippen molar-refractivity contribution in [2.24, 2.45) is 0 Å². The van der Waals surface area contributed by atoms with E-state index in [1.165, 1.54) is 11.3 Å². The van der Waals surface area contributed by atoms with E-state index in [1.54, 1.807) is 11.7 Å². The highest BCUT2D eigenvalue weighted by molar-refractivity contribution is 7.17. The van der Waals surface area contributed by atoms with Gasteiger partial charge in [0, 0.05) is 30.3 Å². The molecule has 0 spiro atoms. The Morgan fingerprint density at radius 1 is 1.40 bits per heavy atom. The molecule has 0 saturated carbocycles. The zero-order valence-electron chi connectivity index (χ0n) is 14.3. The van der Waals surface area contributed by atoms with Crippen molar-refractivity contribution in [2.75, 3.05) is 7.11 Å². The monoisotopic (exact) mass is 353 g/mol. The summed E-state index contributed by atoms with van der Waals surface area (Å²) in [6, 6.07) is 9.82. The largest absolute Gasteiger partial charge is 0.497 e. The van der Waals surface area contributed by atoms with E-state index in [-0.39, 0.29) is 5.56 Å². The molecule has 6 heteroatoms. The molecule has 0 saturated heterocycles. The molecule has 0 unspecified atom stereocenters. The summed E-state index contributed by atoms with van der Waals surface area (Å²) >= 11 is 1.49. The van der Waals surface area contributed by atoms with E-state index in [0.29, 0.717) is 31.2 Å². The van der Waals surface area contributed by atoms with Gasteiger partial charge in [-0.05, 0) is 24.1 Å². The Morgan fingerprint density at radius 2 is 2.24 bits per heavy atom. The molecule has 3 rings (SSSR count). The van der Waals surface area contributed by atoms with Crippen LogP contribution in [0.5, 0.6) is 5.75 Å². The van der Waals surface area contributed by atoms with Gasteiger partial charge in [0.25, 0.3) is 5.56 Å². The van der Waals surface area contributed by atoms with Crippen molar-refractivity contribution >= 4 is 21.6 Å². The number of aryl methyl sites for hydroxylation is 1. The van der Waals surface area contributed by atoms with Gasteiger partial charge in [-0.2, -0.15) is 5.26 Å². The van der Waals surface area contributed by atoms with Gasteiger partial charge in [-0.15, -0.1) is 11.3 Å². The van der Waals surface area contributed by atoms with Gasteiger partial charge < -0.3 is 4.74 Å². The maximum Gasteiger partial charge on any atom is 0.262 e. The third-order valence-electron chi connectivity index (χ3n) is 4.14. The van der Waals surface area contributed by atoms with Gasteiger partial charge in [0.2, 0.25) is 0 Å². The Morgan fingerprint density at radius 3 is 2.96 bits per heavy atom. The van der Waals surface area contributed by atoms with Gasteiger partial charge in [0.15, 0.2) is 0 Å². The van der Waals surface area contributed by atoms with Crippen LogP contribution < -0.4 is 10.3 Å². The van der Waals surface area contributed by atoms with Gasteiger partial charge in [-0.1, -0.05) is 19.1 Å². The molecular weight excluding hydrogens is 334 g/mol. The molecule has 0 aliphatic heterocycles. The summed E-state index contributed by atoms with van der Waals surface area (Å²) in [6.45, 7) is 2.51. The topological polar surface area (TPSA) is 67.9 Å². The molecule has 0 radical (unpaired) electrons. The second-order valence-corrected chi connectivity index (χ2v) is 6.52. The minimum absolute atomic E-state index is 0.0288. The predicted molar refractivity (Wildman–Crippen MR) is 100 cm³/mol. The van der Waals surface area contributed by atoms with Crippen LogP contribution in [-0.4, -0.2) is 16.7 Å². The van der Waals surface area contributed by atoms with Gasteiger partial charge in [0.1, 0.15) is 16.4 Å². The molecule has 0 atom stereocenters. The van der Waals surface area contributed by atoms with Crippen LogP contribution in [0.4, 0.5) is 0 Å². The van der Waals surface area contributed by atoms with Crippen LogP contribution in [0, 0.1) is 11.3 Å². The van der Waals surface area contributed by atoms with E-state index in [2.05, 4.69) is 11.1 Å². The number of ether oxygens (including phenoxy) is 1. The number of aromatic nitrogens is 2. The summed E-state index contributed by atoms with van der Waals surface area (Å²) in [5.41, 5.74) is 1.80. The Balaban J connectivity index is 2.17. The molecule has 0 aliphatic carbocycles. The first-order valence-corrected chi connectivity index (χ1v) is 9.09. The van der Waals surface area contributed by atoms with Crippen molar-refractivity contribution in [3.63, 3.8) is 0 Å². The second-order valence-electron chi connectivity index (χ2n) is 5.66. The van der Waals surface area contributed by atoms with E-state index in [9.17, 15) is 4.79 Å². The van der Waals surface area contributed by atoms with E-state index in [1.807, 2.05) is 36.6 Å². The number of nitrogens with zero attached hydrogens (tertiary/aromatic N) is 3. The molecular formula is C19H19N3O2S. The summed E-state index contributed by atoms with van der Waals surface area (Å²) in [7, 11) is 1.63. The maximum atomic E-state index is 13.1. The normalized spacial score (nSPS) is 10.8. The van der Waals surface area contributed by atoms with Crippen molar-refractivity contribution in [3.05, 3.63) is 45.8 Å². The maximum absolute atomic E-state index is 13.1. The molecule has 25 heavy (non-hydrogen) atoms. The van der Waals surface area contributed by atoms with Crippen molar-refractivity contribution in [3.8, 4) is 22.9 Å². The lowest BCUT2D eigenvalue weighted by Gasteiger charge is -2.11. The van der Waals surface area contributed by atoms with Gasteiger partial charge in [-0.25, -0.2) is 4.98 Å². The molecule has 0 N–H and O–H groups in total. The molecule has 1 aromatic carbocycles. The number of nitriles is 1. The Labute approximate surface area is 150 Å². The fraction of sp³-hybridized carbons (Fsp3) is 0.316. The fourth-order valence-electron chi connectivity index (χ4n) is 2.89. The zero-order chi connectivity index (χ0) is 17.8. The standard InChI is InChI=1S/C19H19N3O2S/c1-3-16-21-18-17(19(23)22(16)10-5-4-9-20)15(12-25-18)13-7-6-8-14(11-13)24-2/h6-8,11-12H,3-5,10H2,1-2H3. The SMILES string of the molecule is CCc1nc2scc(-c3cccc(OC)c3)c2c(=O)n1CCCC#N. The smallest absolute Gasteiger partial charge is 0.262 e. The summed E-state index contributed by atoms with van der Waals surface area (Å²) < 4.78 is 7.01. The molecule has 0 amide bonds. The third-order valence-corrected chi connectivity index (χ3v) is 5.01. The number of unbranched alkanes of at least 4 members (excludes halogenated alkanes) is 1. The molecule has 0 fully saturated rings. The Hall–Kier alpha value is -2.65. The minimum Gasteiger partial charge on any atom is -0.497 e. The first kappa shape index (κ1) is 17.2. The summed E-state index contributed by atoms with van der Waals surface area (Å²) in [4.78, 5) is 18.6. The lowest BCUT2D eigenvalue weighted by atomic mass is 10.1. The van der Waals surface area contributed by atoms with E-state index in [0.717, 1.165) is 27.5 Å². The van der Waals surface area contributed by atoms with E-state index < -0.39 is 0 Å². The first-order chi connectivity index (χ1) is 12.2. The number of methoxy groups -OCH3 is 1. The second kappa shape index (κ2) is 7.49. The van der Waals surface area contributed by atoms with Crippen LogP contribution in [0.15, 0.2) is 34.4 Å². The van der Waals surface area contributed by atoms with Crippen molar-refractivity contribution in [1.29, 1.82) is 5.26 Å². The number of rotatable bonds is 6. The quantitative estimate of drug-likeness (QED) is 0.628. The van der Waals surface area contributed by atoms with Gasteiger partial charge >= 0.3 is 0 Å².